The van der Waals surface area contributed by atoms with Crippen molar-refractivity contribution in [3.05, 3.63) is 59.2 Å². The molecule has 0 aromatic heterocycles. The SMILES string of the molecule is COc1ccc(S(=O)(=O)NCC(C)C)c(C[C@@H](O)[C@@H](N)Cc2cc(F)cc(F)c2)c1. The molecule has 0 amide bonds. The van der Waals surface area contributed by atoms with Crippen LogP contribution in [-0.2, 0) is 22.9 Å². The van der Waals surface area contributed by atoms with Crippen LogP contribution in [0.25, 0.3) is 0 Å². The van der Waals surface area contributed by atoms with Crippen molar-refractivity contribution in [1.82, 2.24) is 4.72 Å². The first-order chi connectivity index (χ1) is 14.0. The minimum atomic E-state index is -3.81. The first-order valence-corrected chi connectivity index (χ1v) is 11.1. The van der Waals surface area contributed by atoms with Crippen molar-refractivity contribution in [3.63, 3.8) is 0 Å². The first-order valence-electron chi connectivity index (χ1n) is 9.57. The van der Waals surface area contributed by atoms with Gasteiger partial charge in [-0.25, -0.2) is 21.9 Å². The second kappa shape index (κ2) is 10.3. The van der Waals surface area contributed by atoms with Crippen molar-refractivity contribution in [2.45, 2.75) is 43.7 Å². The summed E-state index contributed by atoms with van der Waals surface area (Å²) in [6.07, 6.45) is -1.20. The molecule has 0 heterocycles. The third-order valence-corrected chi connectivity index (χ3v) is 6.08. The van der Waals surface area contributed by atoms with Crippen LogP contribution in [0.3, 0.4) is 0 Å². The second-order valence-corrected chi connectivity index (χ2v) is 9.37. The molecular formula is C21H28F2N2O4S. The van der Waals surface area contributed by atoms with E-state index in [0.717, 1.165) is 18.2 Å². The molecule has 0 fully saturated rings. The number of methoxy groups -OCH3 is 1. The minimum Gasteiger partial charge on any atom is -0.497 e. The van der Waals surface area contributed by atoms with Crippen LogP contribution in [0.1, 0.15) is 25.0 Å². The topological polar surface area (TPSA) is 102 Å². The van der Waals surface area contributed by atoms with E-state index < -0.39 is 33.8 Å². The van der Waals surface area contributed by atoms with Crippen molar-refractivity contribution >= 4 is 10.0 Å². The Balaban J connectivity index is 2.24. The number of benzene rings is 2. The van der Waals surface area contributed by atoms with Gasteiger partial charge in [0.15, 0.2) is 0 Å². The van der Waals surface area contributed by atoms with Gasteiger partial charge in [-0.1, -0.05) is 13.8 Å². The molecule has 2 rings (SSSR count). The third-order valence-electron chi connectivity index (χ3n) is 4.56. The van der Waals surface area contributed by atoms with E-state index in [4.69, 9.17) is 10.5 Å². The summed E-state index contributed by atoms with van der Waals surface area (Å²) < 4.78 is 60.0. The number of aliphatic hydroxyl groups is 1. The maximum atomic E-state index is 13.4. The quantitative estimate of drug-likeness (QED) is 0.524. The standard InChI is InChI=1S/C21H28F2N2O4S/c1-13(2)12-25-30(27,28)21-5-4-18(29-3)9-15(21)10-20(26)19(24)8-14-6-16(22)11-17(23)7-14/h4-7,9,11,13,19-20,25-26H,8,10,12,24H2,1-3H3/t19-,20+/m0/s1. The smallest absolute Gasteiger partial charge is 0.240 e. The second-order valence-electron chi connectivity index (χ2n) is 7.64. The van der Waals surface area contributed by atoms with Crippen molar-refractivity contribution in [2.75, 3.05) is 13.7 Å². The number of nitrogens with two attached hydrogens (primary N) is 1. The maximum absolute atomic E-state index is 13.4. The van der Waals surface area contributed by atoms with Gasteiger partial charge < -0.3 is 15.6 Å². The summed E-state index contributed by atoms with van der Waals surface area (Å²) in [6, 6.07) is 6.65. The lowest BCUT2D eigenvalue weighted by Gasteiger charge is -2.21. The predicted octanol–water partition coefficient (Wildman–Crippen LogP) is 2.38. The summed E-state index contributed by atoms with van der Waals surface area (Å²) in [7, 11) is -2.36. The molecule has 6 nitrogen and oxygen atoms in total. The molecule has 2 aromatic carbocycles. The average molecular weight is 443 g/mol. The van der Waals surface area contributed by atoms with Gasteiger partial charge in [-0.15, -0.1) is 0 Å². The molecule has 30 heavy (non-hydrogen) atoms. The van der Waals surface area contributed by atoms with E-state index in [9.17, 15) is 22.3 Å². The van der Waals surface area contributed by atoms with Gasteiger partial charge in [0.25, 0.3) is 0 Å². The maximum Gasteiger partial charge on any atom is 0.240 e. The van der Waals surface area contributed by atoms with Crippen molar-refractivity contribution in [1.29, 1.82) is 0 Å². The summed E-state index contributed by atoms with van der Waals surface area (Å²) in [5.74, 6) is -0.916. The van der Waals surface area contributed by atoms with Crippen LogP contribution in [0.15, 0.2) is 41.3 Å². The Kier molecular flexibility index (Phi) is 8.31. The Morgan fingerprint density at radius 1 is 1.10 bits per heavy atom. The molecule has 0 radical (unpaired) electrons. The van der Waals surface area contributed by atoms with E-state index in [1.807, 2.05) is 13.8 Å². The van der Waals surface area contributed by atoms with Gasteiger partial charge in [0, 0.05) is 25.1 Å². The largest absolute Gasteiger partial charge is 0.497 e. The van der Waals surface area contributed by atoms with Crippen molar-refractivity contribution in [3.8, 4) is 5.75 Å². The fraction of sp³-hybridized carbons (Fsp3) is 0.429. The zero-order chi connectivity index (χ0) is 22.5. The number of rotatable bonds is 10. The molecule has 0 saturated carbocycles. The molecule has 4 N–H and O–H groups in total. The minimum absolute atomic E-state index is 0.0204. The molecule has 2 aromatic rings. The Morgan fingerprint density at radius 2 is 1.73 bits per heavy atom. The highest BCUT2D eigenvalue weighted by atomic mass is 32.2. The van der Waals surface area contributed by atoms with Crippen LogP contribution in [0.2, 0.25) is 0 Å². The van der Waals surface area contributed by atoms with Gasteiger partial charge in [-0.05, 0) is 53.8 Å². The summed E-state index contributed by atoms with van der Waals surface area (Å²) in [5.41, 5.74) is 6.67. The van der Waals surface area contributed by atoms with E-state index in [2.05, 4.69) is 4.72 Å². The Bertz CT molecular complexity index is 947. The zero-order valence-corrected chi connectivity index (χ0v) is 18.0. The highest BCUT2D eigenvalue weighted by Crippen LogP contribution is 2.24. The van der Waals surface area contributed by atoms with Gasteiger partial charge in [0.2, 0.25) is 10.0 Å². The molecular weight excluding hydrogens is 414 g/mol. The summed E-state index contributed by atoms with van der Waals surface area (Å²) >= 11 is 0. The lowest BCUT2D eigenvalue weighted by molar-refractivity contribution is 0.143. The number of ether oxygens (including phenoxy) is 1. The van der Waals surface area contributed by atoms with Gasteiger partial charge >= 0.3 is 0 Å². The molecule has 0 aliphatic heterocycles. The van der Waals surface area contributed by atoms with Crippen LogP contribution in [0.4, 0.5) is 8.78 Å². The van der Waals surface area contributed by atoms with Crippen molar-refractivity contribution in [2.24, 2.45) is 11.7 Å². The Labute approximate surface area is 176 Å². The van der Waals surface area contributed by atoms with E-state index in [0.29, 0.717) is 16.9 Å². The van der Waals surface area contributed by atoms with E-state index in [1.54, 1.807) is 0 Å². The number of aliphatic hydroxyl groups excluding tert-OH is 1. The first kappa shape index (κ1) is 24.2. The van der Waals surface area contributed by atoms with Crippen LogP contribution >= 0.6 is 0 Å². The highest BCUT2D eigenvalue weighted by Gasteiger charge is 2.24. The number of nitrogens with one attached hydrogen (secondary N) is 1. The number of hydrogen-bond acceptors (Lipinski definition) is 5. The summed E-state index contributed by atoms with van der Waals surface area (Å²) in [4.78, 5) is 0.0204. The molecule has 0 aliphatic carbocycles. The molecule has 9 heteroatoms. The monoisotopic (exact) mass is 442 g/mol. The predicted molar refractivity (Wildman–Crippen MR) is 111 cm³/mol. The highest BCUT2D eigenvalue weighted by molar-refractivity contribution is 7.89. The van der Waals surface area contributed by atoms with Crippen LogP contribution < -0.4 is 15.2 Å². The molecule has 0 bridgehead atoms. The number of sulfonamides is 1. The van der Waals surface area contributed by atoms with Crippen molar-refractivity contribution < 1.29 is 27.0 Å². The molecule has 2 atom stereocenters. The van der Waals surface area contributed by atoms with E-state index >= 15 is 0 Å². The van der Waals surface area contributed by atoms with Crippen LogP contribution in [0.5, 0.6) is 5.75 Å². The van der Waals surface area contributed by atoms with Crippen LogP contribution in [0, 0.1) is 17.6 Å². The van der Waals surface area contributed by atoms with Gasteiger partial charge in [0.1, 0.15) is 17.4 Å². The fourth-order valence-electron chi connectivity index (χ4n) is 2.97. The summed E-state index contributed by atoms with van der Waals surface area (Å²) in [6.45, 7) is 4.03. The Morgan fingerprint density at radius 3 is 2.30 bits per heavy atom. The fourth-order valence-corrected chi connectivity index (χ4v) is 4.42. The third kappa shape index (κ3) is 6.73. The lowest BCUT2D eigenvalue weighted by atomic mass is 9.97. The number of hydrogen-bond donors (Lipinski definition) is 3. The Hall–Kier alpha value is -2.07. The molecule has 0 aliphatic rings. The van der Waals surface area contributed by atoms with Gasteiger partial charge in [0.05, 0.1) is 18.1 Å². The molecule has 0 saturated heterocycles. The van der Waals surface area contributed by atoms with E-state index in [-0.39, 0.29) is 30.2 Å². The average Bonchev–Trinajstić information content (AvgIpc) is 2.65. The van der Waals surface area contributed by atoms with Gasteiger partial charge in [-0.3, -0.25) is 0 Å². The lowest BCUT2D eigenvalue weighted by Crippen LogP contribution is -2.38. The molecule has 166 valence electrons. The molecule has 0 spiro atoms. The summed E-state index contributed by atoms with van der Waals surface area (Å²) in [5, 5.41) is 10.6. The zero-order valence-electron chi connectivity index (χ0n) is 17.2. The van der Waals surface area contributed by atoms with Crippen LogP contribution in [-0.4, -0.2) is 39.3 Å². The number of halogens is 2. The van der Waals surface area contributed by atoms with Gasteiger partial charge in [-0.2, -0.15) is 0 Å². The molecule has 0 unspecified atom stereocenters. The normalized spacial score (nSPS) is 14.0. The van der Waals surface area contributed by atoms with E-state index in [1.165, 1.54) is 25.3 Å².